The van der Waals surface area contributed by atoms with Crippen molar-refractivity contribution in [3.8, 4) is 11.5 Å². The average molecular weight is 322 g/mol. The molecule has 3 rings (SSSR count). The molecule has 0 fully saturated rings. The molecule has 2 aromatic carbocycles. The van der Waals surface area contributed by atoms with Crippen LogP contribution < -0.4 is 9.47 Å². The van der Waals surface area contributed by atoms with Crippen LogP contribution >= 0.6 is 0 Å². The van der Waals surface area contributed by atoms with Gasteiger partial charge in [0.2, 0.25) is 0 Å². The van der Waals surface area contributed by atoms with Gasteiger partial charge in [-0.05, 0) is 48.4 Å². The van der Waals surface area contributed by atoms with E-state index in [-0.39, 0.29) is 0 Å². The highest BCUT2D eigenvalue weighted by Gasteiger charge is 1.98. The van der Waals surface area contributed by atoms with Crippen molar-refractivity contribution in [2.24, 2.45) is 5.10 Å². The van der Waals surface area contributed by atoms with Gasteiger partial charge in [0, 0.05) is 0 Å². The van der Waals surface area contributed by atoms with Crippen LogP contribution in [0.5, 0.6) is 11.5 Å². The second kappa shape index (κ2) is 7.92. The SMILES string of the molecule is Cc1ccccc1OCCOc1ccc(/C=N/n2cnnc2)cc1. The Kier molecular flexibility index (Phi) is 5.19. The maximum absolute atomic E-state index is 5.70. The van der Waals surface area contributed by atoms with Gasteiger partial charge in [0.05, 0.1) is 6.21 Å². The van der Waals surface area contributed by atoms with Crippen LogP contribution in [0.3, 0.4) is 0 Å². The Morgan fingerprint density at radius 1 is 0.958 bits per heavy atom. The fourth-order valence-electron chi connectivity index (χ4n) is 2.07. The molecule has 0 saturated carbocycles. The first-order valence-corrected chi connectivity index (χ1v) is 7.61. The monoisotopic (exact) mass is 322 g/mol. The molecule has 0 spiro atoms. The number of nitrogens with zero attached hydrogens (tertiary/aromatic N) is 4. The summed E-state index contributed by atoms with van der Waals surface area (Å²) in [5.74, 6) is 1.69. The van der Waals surface area contributed by atoms with E-state index in [0.717, 1.165) is 22.6 Å². The first-order chi connectivity index (χ1) is 11.8. The highest BCUT2D eigenvalue weighted by Crippen LogP contribution is 2.16. The Bertz CT molecular complexity index is 783. The van der Waals surface area contributed by atoms with Gasteiger partial charge in [0.15, 0.2) is 0 Å². The molecule has 0 aliphatic heterocycles. The van der Waals surface area contributed by atoms with Crippen molar-refractivity contribution in [1.29, 1.82) is 0 Å². The summed E-state index contributed by atoms with van der Waals surface area (Å²) in [7, 11) is 0. The Labute approximate surface area is 140 Å². The van der Waals surface area contributed by atoms with Crippen LogP contribution in [0.2, 0.25) is 0 Å². The number of para-hydroxylation sites is 1. The summed E-state index contributed by atoms with van der Waals surface area (Å²) >= 11 is 0. The molecular formula is C18H18N4O2. The standard InChI is InChI=1S/C18H18N4O2/c1-15-4-2-3-5-18(15)24-11-10-23-17-8-6-16(7-9-17)12-21-22-13-19-20-14-22/h2-9,12-14H,10-11H2,1H3/b21-12+. The topological polar surface area (TPSA) is 61.5 Å². The highest BCUT2D eigenvalue weighted by molar-refractivity contribution is 5.79. The van der Waals surface area contributed by atoms with Crippen LogP contribution in [0.4, 0.5) is 0 Å². The van der Waals surface area contributed by atoms with E-state index in [2.05, 4.69) is 15.3 Å². The van der Waals surface area contributed by atoms with Gasteiger partial charge in [0.1, 0.15) is 37.4 Å². The zero-order chi connectivity index (χ0) is 16.6. The number of aryl methyl sites for hydroxylation is 1. The highest BCUT2D eigenvalue weighted by atomic mass is 16.5. The lowest BCUT2D eigenvalue weighted by Crippen LogP contribution is -2.09. The lowest BCUT2D eigenvalue weighted by Gasteiger charge is -2.10. The minimum Gasteiger partial charge on any atom is -0.490 e. The third-order valence-electron chi connectivity index (χ3n) is 3.33. The predicted molar refractivity (Wildman–Crippen MR) is 91.6 cm³/mol. The van der Waals surface area contributed by atoms with E-state index in [9.17, 15) is 0 Å². The van der Waals surface area contributed by atoms with Gasteiger partial charge >= 0.3 is 0 Å². The fraction of sp³-hybridized carbons (Fsp3) is 0.167. The third kappa shape index (κ3) is 4.42. The van der Waals surface area contributed by atoms with Crippen LogP contribution in [-0.4, -0.2) is 34.3 Å². The molecule has 6 nitrogen and oxygen atoms in total. The van der Waals surface area contributed by atoms with E-state index in [1.807, 2.05) is 55.5 Å². The van der Waals surface area contributed by atoms with Crippen LogP contribution in [0, 0.1) is 6.92 Å². The number of benzene rings is 2. The summed E-state index contributed by atoms with van der Waals surface area (Å²) in [4.78, 5) is 0. The largest absolute Gasteiger partial charge is 0.490 e. The molecule has 24 heavy (non-hydrogen) atoms. The summed E-state index contributed by atoms with van der Waals surface area (Å²) in [5, 5.41) is 11.6. The quantitative estimate of drug-likeness (QED) is 0.496. The van der Waals surface area contributed by atoms with Crippen LogP contribution in [-0.2, 0) is 0 Å². The van der Waals surface area contributed by atoms with Gasteiger partial charge in [-0.25, -0.2) is 4.68 Å². The van der Waals surface area contributed by atoms with Crippen molar-refractivity contribution in [3.05, 3.63) is 72.3 Å². The normalized spacial score (nSPS) is 10.9. The molecule has 0 amide bonds. The summed E-state index contributed by atoms with van der Waals surface area (Å²) in [6.07, 6.45) is 4.79. The number of ether oxygens (including phenoxy) is 2. The number of aromatic nitrogens is 3. The van der Waals surface area contributed by atoms with Crippen molar-refractivity contribution < 1.29 is 9.47 Å². The lowest BCUT2D eigenvalue weighted by atomic mass is 10.2. The first-order valence-electron chi connectivity index (χ1n) is 7.61. The molecule has 0 radical (unpaired) electrons. The average Bonchev–Trinajstić information content (AvgIpc) is 3.13. The Morgan fingerprint density at radius 3 is 2.42 bits per heavy atom. The van der Waals surface area contributed by atoms with E-state index >= 15 is 0 Å². The minimum atomic E-state index is 0.489. The van der Waals surface area contributed by atoms with Gasteiger partial charge < -0.3 is 9.47 Å². The van der Waals surface area contributed by atoms with E-state index in [1.54, 1.807) is 6.21 Å². The van der Waals surface area contributed by atoms with Crippen molar-refractivity contribution in [1.82, 2.24) is 14.9 Å². The molecular weight excluding hydrogens is 304 g/mol. The van der Waals surface area contributed by atoms with Crippen LogP contribution in [0.1, 0.15) is 11.1 Å². The number of rotatable bonds is 7. The van der Waals surface area contributed by atoms with Crippen molar-refractivity contribution >= 4 is 6.21 Å². The summed E-state index contributed by atoms with van der Waals surface area (Å²) in [6, 6.07) is 15.6. The Hall–Kier alpha value is -3.15. The van der Waals surface area contributed by atoms with Gasteiger partial charge in [0.25, 0.3) is 0 Å². The fourth-order valence-corrected chi connectivity index (χ4v) is 2.07. The zero-order valence-corrected chi connectivity index (χ0v) is 13.4. The molecule has 3 aromatic rings. The molecule has 0 aliphatic rings. The third-order valence-corrected chi connectivity index (χ3v) is 3.33. The summed E-state index contributed by atoms with van der Waals surface area (Å²) in [5.41, 5.74) is 2.08. The molecule has 0 bridgehead atoms. The van der Waals surface area contributed by atoms with Crippen molar-refractivity contribution in [2.75, 3.05) is 13.2 Å². The van der Waals surface area contributed by atoms with Crippen molar-refractivity contribution in [2.45, 2.75) is 6.92 Å². The van der Waals surface area contributed by atoms with E-state index in [0.29, 0.717) is 13.2 Å². The first kappa shape index (κ1) is 15.7. The van der Waals surface area contributed by atoms with Crippen molar-refractivity contribution in [3.63, 3.8) is 0 Å². The van der Waals surface area contributed by atoms with Crippen LogP contribution in [0.15, 0.2) is 66.3 Å². The summed E-state index contributed by atoms with van der Waals surface area (Å²) < 4.78 is 12.9. The number of hydrogen-bond donors (Lipinski definition) is 0. The van der Waals surface area contributed by atoms with Gasteiger partial charge in [-0.15, -0.1) is 10.2 Å². The van der Waals surface area contributed by atoms with E-state index in [4.69, 9.17) is 9.47 Å². The molecule has 0 saturated heterocycles. The summed E-state index contributed by atoms with van der Waals surface area (Å²) in [6.45, 7) is 3.01. The molecule has 0 N–H and O–H groups in total. The molecule has 1 heterocycles. The van der Waals surface area contributed by atoms with Gasteiger partial charge in [-0.1, -0.05) is 18.2 Å². The van der Waals surface area contributed by atoms with Crippen LogP contribution in [0.25, 0.3) is 0 Å². The second-order valence-electron chi connectivity index (χ2n) is 5.12. The Balaban J connectivity index is 1.45. The number of hydrogen-bond acceptors (Lipinski definition) is 5. The zero-order valence-electron chi connectivity index (χ0n) is 13.4. The molecule has 0 aliphatic carbocycles. The maximum Gasteiger partial charge on any atom is 0.141 e. The van der Waals surface area contributed by atoms with E-state index < -0.39 is 0 Å². The van der Waals surface area contributed by atoms with Gasteiger partial charge in [-0.2, -0.15) is 5.10 Å². The minimum absolute atomic E-state index is 0.489. The van der Waals surface area contributed by atoms with Gasteiger partial charge in [-0.3, -0.25) is 0 Å². The molecule has 6 heteroatoms. The maximum atomic E-state index is 5.70. The second-order valence-corrected chi connectivity index (χ2v) is 5.12. The van der Waals surface area contributed by atoms with E-state index in [1.165, 1.54) is 17.3 Å². The smallest absolute Gasteiger partial charge is 0.141 e. The Morgan fingerprint density at radius 2 is 1.67 bits per heavy atom. The molecule has 0 atom stereocenters. The molecule has 1 aromatic heterocycles. The molecule has 122 valence electrons. The molecule has 0 unspecified atom stereocenters. The predicted octanol–water partition coefficient (Wildman–Crippen LogP) is 2.93. The lowest BCUT2D eigenvalue weighted by molar-refractivity contribution is 0.216.